The number of amides is 1. The molecule has 11 atom stereocenters. The molecular formula is C37H57NO5. The van der Waals surface area contributed by atoms with Crippen molar-refractivity contribution >= 4 is 11.9 Å². The Morgan fingerprint density at radius 1 is 1.00 bits per heavy atom. The van der Waals surface area contributed by atoms with E-state index in [2.05, 4.69) is 26.1 Å². The summed E-state index contributed by atoms with van der Waals surface area (Å²) in [4.78, 5) is 25.3. The highest BCUT2D eigenvalue weighted by atomic mass is 16.5. The van der Waals surface area contributed by atoms with Gasteiger partial charge in [0.2, 0.25) is 5.91 Å². The molecule has 4 fully saturated rings. The number of benzene rings is 1. The maximum absolute atomic E-state index is 12.7. The Bertz CT molecular complexity index is 1090. The van der Waals surface area contributed by atoms with E-state index in [1.165, 1.54) is 25.7 Å². The summed E-state index contributed by atoms with van der Waals surface area (Å²) in [6, 6.07) is 9.68. The van der Waals surface area contributed by atoms with E-state index in [4.69, 9.17) is 4.74 Å². The van der Waals surface area contributed by atoms with Crippen molar-refractivity contribution < 1.29 is 24.5 Å². The zero-order chi connectivity index (χ0) is 30.8. The second-order valence-electron chi connectivity index (χ2n) is 15.2. The summed E-state index contributed by atoms with van der Waals surface area (Å²) >= 11 is 0. The van der Waals surface area contributed by atoms with Crippen molar-refractivity contribution in [2.24, 2.45) is 52.3 Å². The quantitative estimate of drug-likeness (QED) is 0.248. The third-order valence-corrected chi connectivity index (χ3v) is 13.2. The number of aliphatic hydroxyl groups excluding tert-OH is 2. The molecule has 4 saturated carbocycles. The smallest absolute Gasteiger partial charge is 0.309 e. The molecule has 0 saturated heterocycles. The van der Waals surface area contributed by atoms with Crippen molar-refractivity contribution in [2.45, 2.75) is 124 Å². The van der Waals surface area contributed by atoms with E-state index in [-0.39, 0.29) is 47.4 Å². The van der Waals surface area contributed by atoms with Crippen LogP contribution in [0.15, 0.2) is 30.3 Å². The van der Waals surface area contributed by atoms with Gasteiger partial charge in [-0.1, -0.05) is 58.0 Å². The maximum Gasteiger partial charge on any atom is 0.309 e. The van der Waals surface area contributed by atoms with Crippen molar-refractivity contribution in [2.75, 3.05) is 6.54 Å². The molecule has 43 heavy (non-hydrogen) atoms. The fourth-order valence-corrected chi connectivity index (χ4v) is 10.5. The molecule has 0 aliphatic heterocycles. The van der Waals surface area contributed by atoms with Gasteiger partial charge in [-0.2, -0.15) is 0 Å². The van der Waals surface area contributed by atoms with Gasteiger partial charge in [-0.15, -0.1) is 0 Å². The monoisotopic (exact) mass is 595 g/mol. The molecule has 0 heterocycles. The van der Waals surface area contributed by atoms with Gasteiger partial charge < -0.3 is 20.3 Å². The Kier molecular flexibility index (Phi) is 10.3. The molecular weight excluding hydrogens is 538 g/mol. The van der Waals surface area contributed by atoms with Crippen LogP contribution in [-0.4, -0.2) is 40.8 Å². The molecule has 1 aromatic rings. The van der Waals surface area contributed by atoms with Crippen molar-refractivity contribution in [3.8, 4) is 0 Å². The lowest BCUT2D eigenvalue weighted by Gasteiger charge is -2.62. The number of esters is 1. The van der Waals surface area contributed by atoms with Crippen LogP contribution in [-0.2, 0) is 20.9 Å². The van der Waals surface area contributed by atoms with E-state index in [0.717, 1.165) is 37.7 Å². The number of hydrogen-bond acceptors (Lipinski definition) is 5. The van der Waals surface area contributed by atoms with Crippen LogP contribution in [0.5, 0.6) is 0 Å². The molecule has 6 nitrogen and oxygen atoms in total. The SMILES string of the molecule is CCC(CCC(=O)NCC[C@@H](C)C1CCC2C3CC[C@@H]4C[C@H](O)CC[C@]4(C)C3C[C@H](O)[C@@]21C)C(=O)OCc1ccccc1. The Labute approximate surface area is 259 Å². The van der Waals surface area contributed by atoms with Crippen LogP contribution >= 0.6 is 0 Å². The average molecular weight is 596 g/mol. The number of fused-ring (bicyclic) bond motifs is 5. The van der Waals surface area contributed by atoms with E-state index >= 15 is 0 Å². The summed E-state index contributed by atoms with van der Waals surface area (Å²) in [5.41, 5.74) is 1.16. The van der Waals surface area contributed by atoms with Gasteiger partial charge >= 0.3 is 5.97 Å². The summed E-state index contributed by atoms with van der Waals surface area (Å²) in [6.45, 7) is 10.0. The fourth-order valence-electron chi connectivity index (χ4n) is 10.5. The van der Waals surface area contributed by atoms with Crippen molar-refractivity contribution in [1.82, 2.24) is 5.32 Å². The minimum Gasteiger partial charge on any atom is -0.461 e. The molecule has 6 heteroatoms. The highest BCUT2D eigenvalue weighted by Crippen LogP contribution is 2.68. The van der Waals surface area contributed by atoms with Gasteiger partial charge in [0.1, 0.15) is 6.61 Å². The number of aliphatic hydroxyl groups is 2. The number of nitrogens with one attached hydrogen (secondary N) is 1. The van der Waals surface area contributed by atoms with Gasteiger partial charge in [0.15, 0.2) is 0 Å². The Balaban J connectivity index is 1.09. The normalized spacial score (nSPS) is 38.2. The standard InChI is InChI=1S/C37H57NO5/c1-5-26(35(42)43-23-25-9-7-6-8-10-25)11-16-34(41)38-20-18-24(2)30-14-15-31-29-13-12-27-21-28(39)17-19-36(27,3)32(29)22-33(40)37(30,31)4/h6-10,24,26-33,39-40H,5,11-23H2,1-4H3,(H,38,41)/t24-,26?,27-,28-,29?,30?,31?,32?,33+,36+,37-/m1/s1. The number of rotatable bonds is 11. The lowest BCUT2D eigenvalue weighted by atomic mass is 9.43. The average Bonchev–Trinajstić information content (AvgIpc) is 3.36. The van der Waals surface area contributed by atoms with Crippen molar-refractivity contribution in [1.29, 1.82) is 0 Å². The molecule has 0 spiro atoms. The van der Waals surface area contributed by atoms with E-state index < -0.39 is 0 Å². The van der Waals surface area contributed by atoms with Gasteiger partial charge in [0, 0.05) is 13.0 Å². The molecule has 5 unspecified atom stereocenters. The minimum atomic E-state index is -0.279. The van der Waals surface area contributed by atoms with Crippen molar-refractivity contribution in [3.63, 3.8) is 0 Å². The van der Waals surface area contributed by atoms with E-state index in [1.807, 2.05) is 37.3 Å². The second-order valence-corrected chi connectivity index (χ2v) is 15.2. The first-order chi connectivity index (χ1) is 20.6. The highest BCUT2D eigenvalue weighted by molar-refractivity contribution is 5.77. The Morgan fingerprint density at radius 2 is 1.77 bits per heavy atom. The summed E-state index contributed by atoms with van der Waals surface area (Å²) < 4.78 is 5.51. The van der Waals surface area contributed by atoms with Gasteiger partial charge in [0.25, 0.3) is 0 Å². The summed E-state index contributed by atoms with van der Waals surface area (Å²) in [6.07, 6.45) is 10.7. The molecule has 0 bridgehead atoms. The van der Waals surface area contributed by atoms with Gasteiger partial charge in [0.05, 0.1) is 18.1 Å². The van der Waals surface area contributed by atoms with E-state index in [1.54, 1.807) is 0 Å². The topological polar surface area (TPSA) is 95.9 Å². The summed E-state index contributed by atoms with van der Waals surface area (Å²) in [5, 5.41) is 25.3. The van der Waals surface area contributed by atoms with Gasteiger partial charge in [-0.25, -0.2) is 0 Å². The minimum absolute atomic E-state index is 0.000154. The molecule has 0 aromatic heterocycles. The maximum atomic E-state index is 12.7. The molecule has 4 aliphatic rings. The lowest BCUT2D eigenvalue weighted by Crippen LogP contribution is -2.58. The first-order valence-electron chi connectivity index (χ1n) is 17.4. The molecule has 3 N–H and O–H groups in total. The number of ether oxygens (including phenoxy) is 1. The van der Waals surface area contributed by atoms with Crippen LogP contribution in [0.2, 0.25) is 0 Å². The van der Waals surface area contributed by atoms with Crippen LogP contribution in [0.3, 0.4) is 0 Å². The second kappa shape index (κ2) is 13.6. The molecule has 1 aromatic carbocycles. The van der Waals surface area contributed by atoms with Crippen LogP contribution in [0, 0.1) is 52.3 Å². The first kappa shape index (κ1) is 32.5. The lowest BCUT2D eigenvalue weighted by molar-refractivity contribution is -0.174. The van der Waals surface area contributed by atoms with Crippen LogP contribution in [0.25, 0.3) is 0 Å². The Morgan fingerprint density at radius 3 is 2.51 bits per heavy atom. The third kappa shape index (κ3) is 6.57. The van der Waals surface area contributed by atoms with Gasteiger partial charge in [-0.3, -0.25) is 9.59 Å². The van der Waals surface area contributed by atoms with Crippen molar-refractivity contribution in [3.05, 3.63) is 35.9 Å². The zero-order valence-electron chi connectivity index (χ0n) is 27.1. The fraction of sp³-hybridized carbons (Fsp3) is 0.784. The Hall–Kier alpha value is -1.92. The molecule has 4 aliphatic carbocycles. The van der Waals surface area contributed by atoms with E-state index in [9.17, 15) is 19.8 Å². The van der Waals surface area contributed by atoms with Crippen LogP contribution in [0.4, 0.5) is 0 Å². The number of hydrogen-bond donors (Lipinski definition) is 3. The number of carbonyl (C=O) groups excluding carboxylic acids is 2. The molecule has 240 valence electrons. The molecule has 5 rings (SSSR count). The van der Waals surface area contributed by atoms with Crippen LogP contribution in [0.1, 0.15) is 110 Å². The summed E-state index contributed by atoms with van der Waals surface area (Å²) in [5.74, 6) is 2.82. The third-order valence-electron chi connectivity index (χ3n) is 13.2. The predicted molar refractivity (Wildman–Crippen MR) is 169 cm³/mol. The zero-order valence-corrected chi connectivity index (χ0v) is 27.1. The number of carbonyl (C=O) groups is 2. The molecule has 1 amide bonds. The largest absolute Gasteiger partial charge is 0.461 e. The van der Waals surface area contributed by atoms with Crippen LogP contribution < -0.4 is 5.32 Å². The summed E-state index contributed by atoms with van der Waals surface area (Å²) in [7, 11) is 0. The first-order valence-corrected chi connectivity index (χ1v) is 17.4. The highest BCUT2D eigenvalue weighted by Gasteiger charge is 2.63. The van der Waals surface area contributed by atoms with E-state index in [0.29, 0.717) is 61.3 Å². The van der Waals surface area contributed by atoms with Gasteiger partial charge in [-0.05, 0) is 123 Å². The predicted octanol–water partition coefficient (Wildman–Crippen LogP) is 6.67. The molecule has 0 radical (unpaired) electrons.